The van der Waals surface area contributed by atoms with Crippen molar-refractivity contribution < 1.29 is 14.3 Å². The molecule has 0 unspecified atom stereocenters. The fourth-order valence-electron chi connectivity index (χ4n) is 3.36. The van der Waals surface area contributed by atoms with E-state index in [0.29, 0.717) is 35.7 Å². The van der Waals surface area contributed by atoms with Gasteiger partial charge in [-0.1, -0.05) is 42.5 Å². The number of hydrogen-bond acceptors (Lipinski definition) is 6. The zero-order valence-electron chi connectivity index (χ0n) is 17.6. The second-order valence-electron chi connectivity index (χ2n) is 7.12. The first-order valence-corrected chi connectivity index (χ1v) is 10.3. The first-order chi connectivity index (χ1) is 15.6. The summed E-state index contributed by atoms with van der Waals surface area (Å²) < 4.78 is 6.66. The molecule has 0 bridgehead atoms. The van der Waals surface area contributed by atoms with Crippen LogP contribution in [0.1, 0.15) is 28.5 Å². The van der Waals surface area contributed by atoms with Crippen LogP contribution in [0.3, 0.4) is 0 Å². The summed E-state index contributed by atoms with van der Waals surface area (Å²) in [6, 6.07) is 18.3. The summed E-state index contributed by atoms with van der Waals surface area (Å²) in [6.07, 6.45) is 1.83. The topological polar surface area (TPSA) is 112 Å². The van der Waals surface area contributed by atoms with Crippen molar-refractivity contribution in [2.45, 2.75) is 19.9 Å². The molecule has 0 radical (unpaired) electrons. The number of aromatic nitrogens is 3. The molecule has 2 heterocycles. The van der Waals surface area contributed by atoms with Gasteiger partial charge in [-0.2, -0.15) is 0 Å². The SMILES string of the molecule is CCOC(=O)Cc1ccccc1NC(=O)c1nc(-c2ccc(CN)cc2)nn2cccc12. The molecule has 0 atom stereocenters. The molecule has 0 aliphatic rings. The predicted molar refractivity (Wildman–Crippen MR) is 121 cm³/mol. The zero-order chi connectivity index (χ0) is 22.5. The largest absolute Gasteiger partial charge is 0.466 e. The van der Waals surface area contributed by atoms with E-state index in [1.807, 2.05) is 30.3 Å². The van der Waals surface area contributed by atoms with E-state index in [2.05, 4.69) is 15.4 Å². The quantitative estimate of drug-likeness (QED) is 0.436. The van der Waals surface area contributed by atoms with Gasteiger partial charge in [0.25, 0.3) is 5.91 Å². The lowest BCUT2D eigenvalue weighted by Crippen LogP contribution is -2.18. The van der Waals surface area contributed by atoms with Crippen molar-refractivity contribution in [3.05, 3.63) is 83.7 Å². The van der Waals surface area contributed by atoms with E-state index in [1.165, 1.54) is 0 Å². The molecule has 4 aromatic rings. The van der Waals surface area contributed by atoms with Crippen LogP contribution in [0, 0.1) is 0 Å². The van der Waals surface area contributed by atoms with Crippen LogP contribution in [0.4, 0.5) is 5.69 Å². The van der Waals surface area contributed by atoms with Crippen molar-refractivity contribution in [2.75, 3.05) is 11.9 Å². The Morgan fingerprint density at radius 3 is 2.59 bits per heavy atom. The number of esters is 1. The van der Waals surface area contributed by atoms with Gasteiger partial charge in [0.15, 0.2) is 11.5 Å². The number of para-hydroxylation sites is 1. The lowest BCUT2D eigenvalue weighted by molar-refractivity contribution is -0.142. The van der Waals surface area contributed by atoms with Crippen LogP contribution in [0.25, 0.3) is 16.9 Å². The summed E-state index contributed by atoms with van der Waals surface area (Å²) in [5, 5.41) is 7.41. The van der Waals surface area contributed by atoms with Gasteiger partial charge in [0, 0.05) is 24.0 Å². The van der Waals surface area contributed by atoms with E-state index >= 15 is 0 Å². The Hall–Kier alpha value is -4.04. The molecule has 8 nitrogen and oxygen atoms in total. The summed E-state index contributed by atoms with van der Waals surface area (Å²) >= 11 is 0. The maximum atomic E-state index is 13.2. The maximum absolute atomic E-state index is 13.2. The number of nitrogens with zero attached hydrogens (tertiary/aromatic N) is 3. The van der Waals surface area contributed by atoms with Gasteiger partial charge < -0.3 is 15.8 Å². The Labute approximate surface area is 185 Å². The molecular weight excluding hydrogens is 406 g/mol. The number of amides is 1. The van der Waals surface area contributed by atoms with Crippen molar-refractivity contribution in [3.8, 4) is 11.4 Å². The van der Waals surface area contributed by atoms with Gasteiger partial charge in [0.2, 0.25) is 0 Å². The minimum absolute atomic E-state index is 0.0628. The average Bonchev–Trinajstić information content (AvgIpc) is 3.28. The molecule has 0 aliphatic heterocycles. The van der Waals surface area contributed by atoms with E-state index in [1.54, 1.807) is 48.0 Å². The van der Waals surface area contributed by atoms with Gasteiger partial charge in [-0.15, -0.1) is 5.10 Å². The van der Waals surface area contributed by atoms with Crippen molar-refractivity contribution in [1.29, 1.82) is 0 Å². The molecule has 1 amide bonds. The summed E-state index contributed by atoms with van der Waals surface area (Å²) in [4.78, 5) is 29.7. The molecule has 0 saturated heterocycles. The second kappa shape index (κ2) is 9.40. The van der Waals surface area contributed by atoms with Gasteiger partial charge in [-0.05, 0) is 36.2 Å². The Morgan fingerprint density at radius 1 is 1.06 bits per heavy atom. The van der Waals surface area contributed by atoms with Gasteiger partial charge in [-0.25, -0.2) is 9.50 Å². The minimum atomic E-state index is -0.396. The average molecular weight is 429 g/mol. The summed E-state index contributed by atoms with van der Waals surface area (Å²) in [5.41, 5.74) is 9.44. The molecule has 32 heavy (non-hydrogen) atoms. The van der Waals surface area contributed by atoms with Crippen molar-refractivity contribution >= 4 is 23.1 Å². The number of anilines is 1. The van der Waals surface area contributed by atoms with Crippen LogP contribution in [-0.4, -0.2) is 33.1 Å². The number of nitrogens with one attached hydrogen (secondary N) is 1. The van der Waals surface area contributed by atoms with Crippen molar-refractivity contribution in [2.24, 2.45) is 5.73 Å². The van der Waals surface area contributed by atoms with Crippen LogP contribution in [0.2, 0.25) is 0 Å². The molecule has 8 heteroatoms. The lowest BCUT2D eigenvalue weighted by Gasteiger charge is -2.12. The Bertz CT molecular complexity index is 1260. The molecule has 2 aromatic heterocycles. The standard InChI is InChI=1S/C24H23N5O3/c1-2-32-21(30)14-18-6-3-4-7-19(18)26-24(31)22-20-8-5-13-29(20)28-23(27-22)17-11-9-16(15-25)10-12-17/h3-13H,2,14-15,25H2,1H3,(H,26,31). The highest BCUT2D eigenvalue weighted by molar-refractivity contribution is 6.08. The fourth-order valence-corrected chi connectivity index (χ4v) is 3.36. The van der Waals surface area contributed by atoms with Crippen molar-refractivity contribution in [3.63, 3.8) is 0 Å². The molecular formula is C24H23N5O3. The van der Waals surface area contributed by atoms with E-state index < -0.39 is 5.91 Å². The van der Waals surface area contributed by atoms with Crippen LogP contribution in [-0.2, 0) is 22.5 Å². The zero-order valence-corrected chi connectivity index (χ0v) is 17.6. The van der Waals surface area contributed by atoms with E-state index in [9.17, 15) is 9.59 Å². The number of carbonyl (C=O) groups excluding carboxylic acids is 2. The highest BCUT2D eigenvalue weighted by Crippen LogP contribution is 2.21. The minimum Gasteiger partial charge on any atom is -0.466 e. The predicted octanol–water partition coefficient (Wildman–Crippen LogP) is 3.21. The molecule has 0 aliphatic carbocycles. The molecule has 4 rings (SSSR count). The van der Waals surface area contributed by atoms with Crippen LogP contribution in [0.15, 0.2) is 66.9 Å². The number of benzene rings is 2. The third-order valence-corrected chi connectivity index (χ3v) is 4.96. The van der Waals surface area contributed by atoms with Crippen LogP contribution >= 0.6 is 0 Å². The smallest absolute Gasteiger partial charge is 0.310 e. The molecule has 2 aromatic carbocycles. The highest BCUT2D eigenvalue weighted by atomic mass is 16.5. The molecule has 0 spiro atoms. The summed E-state index contributed by atoms with van der Waals surface area (Å²) in [5.74, 6) is -0.331. The fraction of sp³-hybridized carbons (Fsp3) is 0.167. The number of ether oxygens (including phenoxy) is 1. The van der Waals surface area contributed by atoms with E-state index in [-0.39, 0.29) is 18.1 Å². The summed E-state index contributed by atoms with van der Waals surface area (Å²) in [6.45, 7) is 2.50. The van der Waals surface area contributed by atoms with Crippen molar-refractivity contribution in [1.82, 2.24) is 14.6 Å². The van der Waals surface area contributed by atoms with Gasteiger partial charge in [0.1, 0.15) is 0 Å². The van der Waals surface area contributed by atoms with Crippen LogP contribution < -0.4 is 11.1 Å². The van der Waals surface area contributed by atoms with Gasteiger partial charge >= 0.3 is 5.97 Å². The normalized spacial score (nSPS) is 10.8. The molecule has 162 valence electrons. The third kappa shape index (κ3) is 4.50. The monoisotopic (exact) mass is 429 g/mol. The van der Waals surface area contributed by atoms with Gasteiger partial charge in [-0.3, -0.25) is 9.59 Å². The molecule has 3 N–H and O–H groups in total. The molecule has 0 saturated carbocycles. The molecule has 0 fully saturated rings. The third-order valence-electron chi connectivity index (χ3n) is 4.96. The summed E-state index contributed by atoms with van der Waals surface area (Å²) in [7, 11) is 0. The maximum Gasteiger partial charge on any atom is 0.310 e. The Kier molecular flexibility index (Phi) is 6.23. The Morgan fingerprint density at radius 2 is 1.84 bits per heavy atom. The highest BCUT2D eigenvalue weighted by Gasteiger charge is 2.18. The van der Waals surface area contributed by atoms with E-state index in [0.717, 1.165) is 11.1 Å². The second-order valence-corrected chi connectivity index (χ2v) is 7.12. The lowest BCUT2D eigenvalue weighted by atomic mass is 10.1. The first kappa shape index (κ1) is 21.2. The number of hydrogen-bond donors (Lipinski definition) is 2. The van der Waals surface area contributed by atoms with E-state index in [4.69, 9.17) is 10.5 Å². The number of rotatable bonds is 7. The van der Waals surface area contributed by atoms with Crippen LogP contribution in [0.5, 0.6) is 0 Å². The van der Waals surface area contributed by atoms with Gasteiger partial charge in [0.05, 0.1) is 18.5 Å². The Balaban J connectivity index is 1.67. The number of nitrogens with two attached hydrogens (primary N) is 1. The number of fused-ring (bicyclic) bond motifs is 1. The first-order valence-electron chi connectivity index (χ1n) is 10.3. The number of carbonyl (C=O) groups is 2.